The molecule has 20 heavy (non-hydrogen) atoms. The number of benzene rings is 2. The van der Waals surface area contributed by atoms with E-state index in [4.69, 9.17) is 0 Å². The SMILES string of the molecule is C=C(N[C@@H](Cc1ccccc1)C(=O)O)c1ccccc1. The Morgan fingerprint density at radius 3 is 2.15 bits per heavy atom. The standard InChI is InChI=1S/C17H17NO2/c1-13(15-10-6-3-7-11-15)18-16(17(19)20)12-14-8-4-2-5-9-14/h2-11,16,18H,1,12H2,(H,19,20)/t16-/m0/s1. The van der Waals surface area contributed by atoms with Gasteiger partial charge in [0.1, 0.15) is 6.04 Å². The van der Waals surface area contributed by atoms with E-state index < -0.39 is 12.0 Å². The van der Waals surface area contributed by atoms with Crippen LogP contribution in [0, 0.1) is 0 Å². The van der Waals surface area contributed by atoms with Gasteiger partial charge in [0.15, 0.2) is 0 Å². The Hall–Kier alpha value is -2.55. The number of carboxylic acid groups (broad SMARTS) is 1. The van der Waals surface area contributed by atoms with Crippen LogP contribution in [0.4, 0.5) is 0 Å². The van der Waals surface area contributed by atoms with Crippen molar-refractivity contribution in [3.63, 3.8) is 0 Å². The molecule has 0 radical (unpaired) electrons. The molecule has 2 N–H and O–H groups in total. The molecule has 0 amide bonds. The molecule has 0 aliphatic rings. The van der Waals surface area contributed by atoms with Gasteiger partial charge in [0.2, 0.25) is 0 Å². The Kier molecular flexibility index (Phi) is 4.56. The second kappa shape index (κ2) is 6.57. The lowest BCUT2D eigenvalue weighted by Gasteiger charge is -2.17. The summed E-state index contributed by atoms with van der Waals surface area (Å²) in [6, 6.07) is 18.4. The first-order valence-corrected chi connectivity index (χ1v) is 6.44. The summed E-state index contributed by atoms with van der Waals surface area (Å²) in [5.41, 5.74) is 2.49. The predicted octanol–water partition coefficient (Wildman–Crippen LogP) is 2.94. The highest BCUT2D eigenvalue weighted by atomic mass is 16.4. The Morgan fingerprint density at radius 2 is 1.60 bits per heavy atom. The zero-order chi connectivity index (χ0) is 14.4. The molecule has 0 heterocycles. The van der Waals surface area contributed by atoms with Crippen LogP contribution >= 0.6 is 0 Å². The van der Waals surface area contributed by atoms with Crippen molar-refractivity contribution in [3.05, 3.63) is 78.4 Å². The molecule has 0 aromatic heterocycles. The second-order valence-corrected chi connectivity index (χ2v) is 4.57. The number of hydrogen-bond donors (Lipinski definition) is 2. The zero-order valence-corrected chi connectivity index (χ0v) is 11.1. The molecule has 0 spiro atoms. The van der Waals surface area contributed by atoms with Gasteiger partial charge in [-0.3, -0.25) is 0 Å². The van der Waals surface area contributed by atoms with E-state index in [1.54, 1.807) is 0 Å². The lowest BCUT2D eigenvalue weighted by atomic mass is 10.0. The molecule has 3 heteroatoms. The molecule has 0 aliphatic heterocycles. The van der Waals surface area contributed by atoms with Gasteiger partial charge in [-0.2, -0.15) is 0 Å². The highest BCUT2D eigenvalue weighted by Gasteiger charge is 2.18. The summed E-state index contributed by atoms with van der Waals surface area (Å²) in [6.07, 6.45) is 0.419. The molecule has 0 bridgehead atoms. The van der Waals surface area contributed by atoms with E-state index in [0.717, 1.165) is 11.1 Å². The molecule has 102 valence electrons. The van der Waals surface area contributed by atoms with Crippen LogP contribution in [0.25, 0.3) is 5.70 Å². The van der Waals surface area contributed by atoms with Crippen LogP contribution in [-0.4, -0.2) is 17.1 Å². The Morgan fingerprint density at radius 1 is 1.05 bits per heavy atom. The largest absolute Gasteiger partial charge is 0.480 e. The molecule has 0 saturated heterocycles. The average molecular weight is 267 g/mol. The highest BCUT2D eigenvalue weighted by Crippen LogP contribution is 2.11. The van der Waals surface area contributed by atoms with Crippen molar-refractivity contribution in [2.75, 3.05) is 0 Å². The minimum absolute atomic E-state index is 0.419. The van der Waals surface area contributed by atoms with Gasteiger partial charge in [0.25, 0.3) is 0 Å². The van der Waals surface area contributed by atoms with E-state index in [9.17, 15) is 9.90 Å². The third kappa shape index (κ3) is 3.72. The summed E-state index contributed by atoms with van der Waals surface area (Å²) >= 11 is 0. The number of carbonyl (C=O) groups is 1. The summed E-state index contributed by atoms with van der Waals surface area (Å²) in [5, 5.41) is 12.3. The highest BCUT2D eigenvalue weighted by molar-refractivity contribution is 5.77. The number of nitrogens with one attached hydrogen (secondary N) is 1. The van der Waals surface area contributed by atoms with Gasteiger partial charge in [-0.05, 0) is 11.1 Å². The van der Waals surface area contributed by atoms with Crippen molar-refractivity contribution in [3.8, 4) is 0 Å². The van der Waals surface area contributed by atoms with Gasteiger partial charge in [0.05, 0.1) is 0 Å². The van der Waals surface area contributed by atoms with Gasteiger partial charge in [-0.1, -0.05) is 67.2 Å². The van der Waals surface area contributed by atoms with Gasteiger partial charge in [-0.15, -0.1) is 0 Å². The number of aliphatic carboxylic acids is 1. The summed E-state index contributed by atoms with van der Waals surface area (Å²) in [7, 11) is 0. The van der Waals surface area contributed by atoms with Crippen LogP contribution in [0.2, 0.25) is 0 Å². The molecule has 0 fully saturated rings. The molecule has 2 aromatic rings. The monoisotopic (exact) mass is 267 g/mol. The summed E-state index contributed by atoms with van der Waals surface area (Å²) < 4.78 is 0. The smallest absolute Gasteiger partial charge is 0.326 e. The average Bonchev–Trinajstić information content (AvgIpc) is 2.48. The van der Waals surface area contributed by atoms with Crippen LogP contribution in [-0.2, 0) is 11.2 Å². The van der Waals surface area contributed by atoms with Crippen molar-refractivity contribution < 1.29 is 9.90 Å². The van der Waals surface area contributed by atoms with Crippen LogP contribution in [0.5, 0.6) is 0 Å². The third-order valence-corrected chi connectivity index (χ3v) is 3.05. The first-order chi connectivity index (χ1) is 9.66. The lowest BCUT2D eigenvalue weighted by Crippen LogP contribution is -2.37. The molecule has 2 aromatic carbocycles. The Bertz CT molecular complexity index is 578. The zero-order valence-electron chi connectivity index (χ0n) is 11.1. The van der Waals surface area contributed by atoms with Gasteiger partial charge < -0.3 is 10.4 Å². The topological polar surface area (TPSA) is 49.3 Å². The van der Waals surface area contributed by atoms with Gasteiger partial charge in [-0.25, -0.2) is 4.79 Å². The van der Waals surface area contributed by atoms with Crippen LogP contribution < -0.4 is 5.32 Å². The Balaban J connectivity index is 2.07. The van der Waals surface area contributed by atoms with Crippen molar-refractivity contribution >= 4 is 11.7 Å². The predicted molar refractivity (Wildman–Crippen MR) is 80.2 cm³/mol. The lowest BCUT2D eigenvalue weighted by molar-refractivity contribution is -0.139. The quantitative estimate of drug-likeness (QED) is 0.846. The van der Waals surface area contributed by atoms with E-state index in [2.05, 4.69) is 11.9 Å². The minimum atomic E-state index is -0.883. The molecule has 1 atom stereocenters. The summed E-state index contributed by atoms with van der Waals surface area (Å²) in [6.45, 7) is 3.91. The fourth-order valence-electron chi connectivity index (χ4n) is 1.98. The first kappa shape index (κ1) is 13.9. The number of hydrogen-bond acceptors (Lipinski definition) is 2. The summed E-state index contributed by atoms with van der Waals surface area (Å²) in [4.78, 5) is 11.4. The fourth-order valence-corrected chi connectivity index (χ4v) is 1.98. The number of carboxylic acids is 1. The van der Waals surface area contributed by atoms with Crippen LogP contribution in [0.15, 0.2) is 67.2 Å². The first-order valence-electron chi connectivity index (χ1n) is 6.44. The molecule has 0 aliphatic carbocycles. The van der Waals surface area contributed by atoms with E-state index in [-0.39, 0.29) is 0 Å². The molecule has 2 rings (SSSR count). The van der Waals surface area contributed by atoms with Gasteiger partial charge >= 0.3 is 5.97 Å². The van der Waals surface area contributed by atoms with Crippen molar-refractivity contribution in [2.45, 2.75) is 12.5 Å². The van der Waals surface area contributed by atoms with Crippen molar-refractivity contribution in [2.24, 2.45) is 0 Å². The Labute approximate surface area is 118 Å². The van der Waals surface area contributed by atoms with E-state index in [0.29, 0.717) is 12.1 Å². The second-order valence-electron chi connectivity index (χ2n) is 4.57. The number of rotatable bonds is 6. The molecular formula is C17H17NO2. The molecular weight excluding hydrogens is 250 g/mol. The maximum atomic E-state index is 11.4. The van der Waals surface area contributed by atoms with E-state index >= 15 is 0 Å². The van der Waals surface area contributed by atoms with Crippen molar-refractivity contribution in [1.82, 2.24) is 5.32 Å². The fraction of sp³-hybridized carbons (Fsp3) is 0.118. The van der Waals surface area contributed by atoms with Crippen molar-refractivity contribution in [1.29, 1.82) is 0 Å². The molecule has 0 unspecified atom stereocenters. The van der Waals surface area contributed by atoms with Gasteiger partial charge in [0, 0.05) is 12.1 Å². The third-order valence-electron chi connectivity index (χ3n) is 3.05. The maximum absolute atomic E-state index is 11.4. The van der Waals surface area contributed by atoms with E-state index in [1.165, 1.54) is 0 Å². The minimum Gasteiger partial charge on any atom is -0.480 e. The maximum Gasteiger partial charge on any atom is 0.326 e. The molecule has 3 nitrogen and oxygen atoms in total. The summed E-state index contributed by atoms with van der Waals surface area (Å²) in [5.74, 6) is -0.883. The van der Waals surface area contributed by atoms with Crippen LogP contribution in [0.3, 0.4) is 0 Å². The normalized spacial score (nSPS) is 11.6. The molecule has 0 saturated carbocycles. The van der Waals surface area contributed by atoms with E-state index in [1.807, 2.05) is 60.7 Å². The van der Waals surface area contributed by atoms with Crippen LogP contribution in [0.1, 0.15) is 11.1 Å².